The minimum absolute atomic E-state index is 0.134. The van der Waals surface area contributed by atoms with Crippen LogP contribution in [0.25, 0.3) is 11.2 Å². The molecule has 10 heteroatoms. The van der Waals surface area contributed by atoms with Gasteiger partial charge in [0.2, 0.25) is 0 Å². The van der Waals surface area contributed by atoms with Crippen LogP contribution < -0.4 is 16.7 Å². The molecule has 3 rings (SSSR count). The van der Waals surface area contributed by atoms with Crippen molar-refractivity contribution < 1.29 is 4.79 Å². The minimum atomic E-state index is -0.499. The van der Waals surface area contributed by atoms with E-state index in [0.29, 0.717) is 0 Å². The van der Waals surface area contributed by atoms with Crippen molar-refractivity contribution in [1.82, 2.24) is 24.1 Å². The van der Waals surface area contributed by atoms with Crippen LogP contribution in [0.4, 0.5) is 0 Å². The van der Waals surface area contributed by atoms with Gasteiger partial charge in [-0.25, -0.2) is 15.2 Å². The van der Waals surface area contributed by atoms with E-state index in [1.807, 2.05) is 18.4 Å². The molecule has 0 aliphatic rings. The van der Waals surface area contributed by atoms with E-state index >= 15 is 0 Å². The van der Waals surface area contributed by atoms with Crippen LogP contribution in [0.2, 0.25) is 0 Å². The normalized spacial score (nSPS) is 11.5. The molecular formula is C15H16N6O3S. The summed E-state index contributed by atoms with van der Waals surface area (Å²) < 4.78 is 3.65. The van der Waals surface area contributed by atoms with E-state index in [9.17, 15) is 14.4 Å². The van der Waals surface area contributed by atoms with Gasteiger partial charge in [0.05, 0.1) is 12.5 Å². The van der Waals surface area contributed by atoms with Gasteiger partial charge in [0.25, 0.3) is 11.5 Å². The summed E-state index contributed by atoms with van der Waals surface area (Å²) in [6, 6.07) is 1.96. The molecule has 0 saturated heterocycles. The Morgan fingerprint density at radius 3 is 2.80 bits per heavy atom. The molecule has 0 aliphatic carbocycles. The predicted molar refractivity (Wildman–Crippen MR) is 95.0 cm³/mol. The number of amides is 1. The molecule has 1 amide bonds. The largest absolute Gasteiger partial charge is 0.332 e. The van der Waals surface area contributed by atoms with Crippen LogP contribution in [0.3, 0.4) is 0 Å². The molecule has 0 atom stereocenters. The van der Waals surface area contributed by atoms with Gasteiger partial charge in [0.1, 0.15) is 6.54 Å². The lowest BCUT2D eigenvalue weighted by Gasteiger charge is -2.05. The molecule has 0 unspecified atom stereocenters. The lowest BCUT2D eigenvalue weighted by molar-refractivity contribution is -0.121. The van der Waals surface area contributed by atoms with Crippen molar-refractivity contribution in [3.63, 3.8) is 0 Å². The second-order valence-corrected chi connectivity index (χ2v) is 6.46. The summed E-state index contributed by atoms with van der Waals surface area (Å²) >= 11 is 1.52. The highest BCUT2D eigenvalue weighted by Gasteiger charge is 2.15. The van der Waals surface area contributed by atoms with Gasteiger partial charge in [-0.05, 0) is 23.9 Å². The maximum absolute atomic E-state index is 12.3. The zero-order valence-corrected chi connectivity index (χ0v) is 14.7. The van der Waals surface area contributed by atoms with Crippen molar-refractivity contribution in [3.8, 4) is 0 Å². The van der Waals surface area contributed by atoms with Crippen LogP contribution >= 0.6 is 11.3 Å². The van der Waals surface area contributed by atoms with Gasteiger partial charge in [-0.3, -0.25) is 18.7 Å². The fourth-order valence-corrected chi connectivity index (χ4v) is 3.17. The molecule has 0 radical (unpaired) electrons. The third-order valence-corrected chi connectivity index (χ3v) is 4.76. The highest BCUT2D eigenvalue weighted by molar-refractivity contribution is 7.11. The van der Waals surface area contributed by atoms with Gasteiger partial charge < -0.3 is 4.57 Å². The van der Waals surface area contributed by atoms with E-state index in [2.05, 4.69) is 15.5 Å². The molecule has 3 aromatic rings. The first-order chi connectivity index (χ1) is 11.9. The Morgan fingerprint density at radius 1 is 1.36 bits per heavy atom. The molecule has 1 N–H and O–H groups in total. The monoisotopic (exact) mass is 360 g/mol. The Morgan fingerprint density at radius 2 is 2.12 bits per heavy atom. The number of nitrogens with one attached hydrogen (secondary N) is 1. The Hall–Kier alpha value is -3.01. The van der Waals surface area contributed by atoms with Gasteiger partial charge in [-0.1, -0.05) is 0 Å². The molecule has 9 nitrogen and oxygen atoms in total. The number of carbonyl (C=O) groups is 1. The zero-order chi connectivity index (χ0) is 18.1. The van der Waals surface area contributed by atoms with Crippen LogP contribution in [-0.2, 0) is 25.4 Å². The first kappa shape index (κ1) is 16.8. The number of aryl methyl sites for hydroxylation is 2. The zero-order valence-electron chi connectivity index (χ0n) is 13.9. The van der Waals surface area contributed by atoms with Gasteiger partial charge >= 0.3 is 5.69 Å². The number of hydrogen-bond donors (Lipinski definition) is 1. The topological polar surface area (TPSA) is 103 Å². The summed E-state index contributed by atoms with van der Waals surface area (Å²) in [7, 11) is 2.91. The van der Waals surface area contributed by atoms with Crippen molar-refractivity contribution >= 4 is 34.6 Å². The van der Waals surface area contributed by atoms with Gasteiger partial charge in [-0.2, -0.15) is 5.10 Å². The van der Waals surface area contributed by atoms with E-state index in [0.717, 1.165) is 15.0 Å². The number of carbonyl (C=O) groups excluding carboxylic acids is 1. The second kappa shape index (κ2) is 6.48. The Balaban J connectivity index is 1.83. The number of fused-ring (bicyclic) bond motifs is 1. The predicted octanol–water partition coefficient (Wildman–Crippen LogP) is -0.0461. The SMILES string of the molecule is Cc1ccsc1C=NNC(=O)Cn1cnc2c1c(=O)n(C)c(=O)n2C. The van der Waals surface area contributed by atoms with Crippen molar-refractivity contribution in [3.05, 3.63) is 49.1 Å². The number of aromatic nitrogens is 4. The van der Waals surface area contributed by atoms with Crippen LogP contribution in [0.1, 0.15) is 10.4 Å². The van der Waals surface area contributed by atoms with Crippen LogP contribution in [0.15, 0.2) is 32.5 Å². The average Bonchev–Trinajstić information content (AvgIpc) is 3.18. The van der Waals surface area contributed by atoms with Gasteiger partial charge in [0.15, 0.2) is 11.2 Å². The quantitative estimate of drug-likeness (QED) is 0.520. The summed E-state index contributed by atoms with van der Waals surface area (Å²) in [5.41, 5.74) is 2.96. The Kier molecular flexibility index (Phi) is 4.36. The number of nitrogens with zero attached hydrogens (tertiary/aromatic N) is 5. The van der Waals surface area contributed by atoms with Crippen LogP contribution in [-0.4, -0.2) is 30.8 Å². The molecule has 0 saturated carbocycles. The molecule has 0 fully saturated rings. The van der Waals surface area contributed by atoms with Crippen molar-refractivity contribution in [2.75, 3.05) is 0 Å². The standard InChI is InChI=1S/C15H16N6O3S/c1-9-4-5-25-10(9)6-17-18-11(22)7-21-8-16-13-12(21)14(23)20(3)15(24)19(13)2/h4-6,8H,7H2,1-3H3,(H,18,22). The molecule has 0 aliphatic heterocycles. The summed E-state index contributed by atoms with van der Waals surface area (Å²) in [5.74, 6) is -0.402. The summed E-state index contributed by atoms with van der Waals surface area (Å²) in [4.78, 5) is 41.3. The number of imidazole rings is 1. The maximum Gasteiger partial charge on any atom is 0.332 e. The fraction of sp³-hybridized carbons (Fsp3) is 0.267. The lowest BCUT2D eigenvalue weighted by atomic mass is 10.3. The van der Waals surface area contributed by atoms with Crippen LogP contribution in [0.5, 0.6) is 0 Å². The van der Waals surface area contributed by atoms with Gasteiger partial charge in [0, 0.05) is 19.0 Å². The number of thiophene rings is 1. The molecular weight excluding hydrogens is 344 g/mol. The molecule has 0 spiro atoms. The van der Waals surface area contributed by atoms with Crippen molar-refractivity contribution in [2.45, 2.75) is 13.5 Å². The van der Waals surface area contributed by atoms with Crippen molar-refractivity contribution in [2.24, 2.45) is 19.2 Å². The number of hydrogen-bond acceptors (Lipinski definition) is 6. The lowest BCUT2D eigenvalue weighted by Crippen LogP contribution is -2.38. The highest BCUT2D eigenvalue weighted by Crippen LogP contribution is 2.12. The van der Waals surface area contributed by atoms with Crippen molar-refractivity contribution in [1.29, 1.82) is 0 Å². The third kappa shape index (κ3) is 3.03. The first-order valence-corrected chi connectivity index (χ1v) is 8.25. The average molecular weight is 360 g/mol. The van der Waals surface area contributed by atoms with E-state index in [1.54, 1.807) is 6.21 Å². The Labute approximate surface area is 145 Å². The summed E-state index contributed by atoms with van der Waals surface area (Å²) in [5, 5.41) is 5.86. The van der Waals surface area contributed by atoms with E-state index in [4.69, 9.17) is 0 Å². The molecule has 3 heterocycles. The maximum atomic E-state index is 12.3. The van der Waals surface area contributed by atoms with Gasteiger partial charge in [-0.15, -0.1) is 11.3 Å². The third-order valence-electron chi connectivity index (χ3n) is 3.80. The van der Waals surface area contributed by atoms with E-state index < -0.39 is 17.2 Å². The molecule has 3 aromatic heterocycles. The minimum Gasteiger partial charge on any atom is -0.315 e. The highest BCUT2D eigenvalue weighted by atomic mass is 32.1. The van der Waals surface area contributed by atoms with Crippen LogP contribution in [0, 0.1) is 6.92 Å². The smallest absolute Gasteiger partial charge is 0.315 e. The van der Waals surface area contributed by atoms with E-state index in [-0.39, 0.29) is 17.7 Å². The summed E-state index contributed by atoms with van der Waals surface area (Å²) in [6.07, 6.45) is 2.94. The van der Waals surface area contributed by atoms with E-state index in [1.165, 1.54) is 40.9 Å². The molecule has 130 valence electrons. The summed E-state index contributed by atoms with van der Waals surface area (Å²) in [6.45, 7) is 1.82. The molecule has 0 bridgehead atoms. The Bertz CT molecular complexity index is 1100. The molecule has 25 heavy (non-hydrogen) atoms. The number of hydrazone groups is 1. The number of rotatable bonds is 4. The fourth-order valence-electron chi connectivity index (χ4n) is 2.39. The first-order valence-electron chi connectivity index (χ1n) is 7.37. The second-order valence-electron chi connectivity index (χ2n) is 5.51. The molecule has 0 aromatic carbocycles.